The SMILES string of the molecule is CCCOC(=O)c1ccccc1N1C(=O)C(Nc2ccc(C(C)=O)cc2)=C(Sc2nc(C)cc(C)n2)C1=O. The van der Waals surface area contributed by atoms with Gasteiger partial charge in [-0.15, -0.1) is 0 Å². The van der Waals surface area contributed by atoms with Crippen LogP contribution in [0, 0.1) is 13.8 Å². The van der Waals surface area contributed by atoms with Crippen LogP contribution in [-0.2, 0) is 14.3 Å². The molecule has 0 aliphatic carbocycles. The van der Waals surface area contributed by atoms with E-state index in [1.54, 1.807) is 42.5 Å². The summed E-state index contributed by atoms with van der Waals surface area (Å²) in [6, 6.07) is 14.7. The van der Waals surface area contributed by atoms with Gasteiger partial charge in [0.2, 0.25) is 0 Å². The van der Waals surface area contributed by atoms with Crippen molar-refractivity contribution in [2.24, 2.45) is 0 Å². The number of carbonyl (C=O) groups excluding carboxylic acids is 4. The second-order valence-corrected chi connectivity index (χ2v) is 9.57. The van der Waals surface area contributed by atoms with E-state index in [2.05, 4.69) is 15.3 Å². The lowest BCUT2D eigenvalue weighted by Crippen LogP contribution is -2.33. The summed E-state index contributed by atoms with van der Waals surface area (Å²) in [5, 5.41) is 3.34. The Morgan fingerprint density at radius 3 is 2.26 bits per heavy atom. The molecule has 1 aliphatic heterocycles. The lowest BCUT2D eigenvalue weighted by Gasteiger charge is -2.18. The number of aryl methyl sites for hydroxylation is 2. The molecule has 0 saturated heterocycles. The van der Waals surface area contributed by atoms with Crippen molar-refractivity contribution in [3.05, 3.63) is 87.7 Å². The molecule has 9 nitrogen and oxygen atoms in total. The number of ether oxygens (including phenoxy) is 1. The van der Waals surface area contributed by atoms with Gasteiger partial charge in [0, 0.05) is 22.6 Å². The van der Waals surface area contributed by atoms with E-state index in [1.165, 1.54) is 19.1 Å². The van der Waals surface area contributed by atoms with Crippen LogP contribution in [0.1, 0.15) is 52.4 Å². The van der Waals surface area contributed by atoms with Gasteiger partial charge in [0.05, 0.1) is 17.9 Å². The van der Waals surface area contributed by atoms with Gasteiger partial charge in [-0.05, 0) is 81.4 Å². The Hall–Kier alpha value is -4.31. The molecule has 1 aliphatic rings. The van der Waals surface area contributed by atoms with Gasteiger partial charge < -0.3 is 10.1 Å². The highest BCUT2D eigenvalue weighted by atomic mass is 32.2. The van der Waals surface area contributed by atoms with E-state index in [1.807, 2.05) is 20.8 Å². The monoisotopic (exact) mass is 530 g/mol. The highest BCUT2D eigenvalue weighted by Gasteiger charge is 2.42. The first-order chi connectivity index (χ1) is 18.2. The molecular formula is C28H26N4O5S. The van der Waals surface area contributed by atoms with Crippen LogP contribution in [0.3, 0.4) is 0 Å². The summed E-state index contributed by atoms with van der Waals surface area (Å²) in [4.78, 5) is 61.8. The van der Waals surface area contributed by atoms with E-state index >= 15 is 0 Å². The van der Waals surface area contributed by atoms with Gasteiger partial charge in [0.25, 0.3) is 11.8 Å². The zero-order valence-corrected chi connectivity index (χ0v) is 22.2. The van der Waals surface area contributed by atoms with Crippen molar-refractivity contribution in [1.82, 2.24) is 9.97 Å². The molecular weight excluding hydrogens is 504 g/mol. The summed E-state index contributed by atoms with van der Waals surface area (Å²) < 4.78 is 5.28. The second kappa shape index (κ2) is 11.4. The van der Waals surface area contributed by atoms with Gasteiger partial charge in [-0.25, -0.2) is 19.7 Å². The first-order valence-corrected chi connectivity index (χ1v) is 12.8. The molecule has 0 unspecified atom stereocenters. The predicted octanol–water partition coefficient (Wildman–Crippen LogP) is 4.85. The molecule has 0 bridgehead atoms. The van der Waals surface area contributed by atoms with E-state index in [0.29, 0.717) is 34.2 Å². The van der Waals surface area contributed by atoms with Crippen LogP contribution < -0.4 is 10.2 Å². The van der Waals surface area contributed by atoms with E-state index in [9.17, 15) is 19.2 Å². The number of nitrogens with zero attached hydrogens (tertiary/aromatic N) is 3. The fourth-order valence-corrected chi connectivity index (χ4v) is 4.79. The number of hydrogen-bond acceptors (Lipinski definition) is 9. The van der Waals surface area contributed by atoms with Crippen LogP contribution >= 0.6 is 11.8 Å². The van der Waals surface area contributed by atoms with Gasteiger partial charge in [-0.3, -0.25) is 14.4 Å². The molecule has 0 spiro atoms. The molecule has 2 aromatic carbocycles. The fraction of sp³-hybridized carbons (Fsp3) is 0.214. The average Bonchev–Trinajstić information content (AvgIpc) is 3.10. The minimum absolute atomic E-state index is 0.00932. The van der Waals surface area contributed by atoms with Crippen LogP contribution in [0.5, 0.6) is 0 Å². The number of Topliss-reactive ketones (excluding diaryl/α,β-unsaturated/α-hetero) is 1. The molecule has 38 heavy (non-hydrogen) atoms. The number of imide groups is 1. The first-order valence-electron chi connectivity index (χ1n) is 12.0. The standard InChI is InChI=1S/C28H26N4O5S/c1-5-14-37-27(36)21-8-6-7-9-22(21)32-25(34)23(31-20-12-10-19(11-13-20)18(4)33)24(26(32)35)38-28-29-16(2)15-17(3)30-28/h6-13,15,31H,5,14H2,1-4H3. The number of para-hydroxylation sites is 1. The third-order valence-electron chi connectivity index (χ3n) is 5.56. The quantitative estimate of drug-likeness (QED) is 0.179. The summed E-state index contributed by atoms with van der Waals surface area (Å²) in [7, 11) is 0. The molecule has 2 heterocycles. The number of carbonyl (C=O) groups is 4. The summed E-state index contributed by atoms with van der Waals surface area (Å²) in [6.07, 6.45) is 0.629. The van der Waals surface area contributed by atoms with Crippen LogP contribution in [0.25, 0.3) is 0 Å². The van der Waals surface area contributed by atoms with E-state index in [4.69, 9.17) is 4.74 Å². The maximum atomic E-state index is 13.8. The zero-order chi connectivity index (χ0) is 27.4. The Morgan fingerprint density at radius 2 is 1.63 bits per heavy atom. The molecule has 0 saturated carbocycles. The lowest BCUT2D eigenvalue weighted by molar-refractivity contribution is -0.120. The molecule has 0 fully saturated rings. The zero-order valence-electron chi connectivity index (χ0n) is 21.4. The maximum absolute atomic E-state index is 13.8. The number of rotatable bonds is 9. The molecule has 3 aromatic rings. The van der Waals surface area contributed by atoms with Crippen molar-refractivity contribution < 1.29 is 23.9 Å². The van der Waals surface area contributed by atoms with E-state index in [0.717, 1.165) is 16.7 Å². The minimum Gasteiger partial charge on any atom is -0.462 e. The van der Waals surface area contributed by atoms with Crippen molar-refractivity contribution in [2.45, 2.75) is 39.3 Å². The van der Waals surface area contributed by atoms with Gasteiger partial charge in [-0.2, -0.15) is 0 Å². The first kappa shape index (κ1) is 26.7. The Balaban J connectivity index is 1.76. The predicted molar refractivity (Wildman–Crippen MR) is 144 cm³/mol. The summed E-state index contributed by atoms with van der Waals surface area (Å²) in [5.41, 5.74) is 2.67. The number of nitrogens with one attached hydrogen (secondary N) is 1. The van der Waals surface area contributed by atoms with Gasteiger partial charge in [0.15, 0.2) is 10.9 Å². The van der Waals surface area contributed by atoms with E-state index < -0.39 is 17.8 Å². The van der Waals surface area contributed by atoms with Gasteiger partial charge >= 0.3 is 5.97 Å². The third kappa shape index (κ3) is 5.65. The van der Waals surface area contributed by atoms with Crippen LogP contribution in [-0.4, -0.2) is 40.1 Å². The number of amides is 2. The number of hydrogen-bond donors (Lipinski definition) is 1. The fourth-order valence-electron chi connectivity index (χ4n) is 3.81. The summed E-state index contributed by atoms with van der Waals surface area (Å²) in [6.45, 7) is 7.17. The minimum atomic E-state index is -0.645. The third-order valence-corrected chi connectivity index (χ3v) is 6.51. The second-order valence-electron chi connectivity index (χ2n) is 8.60. The number of thioether (sulfide) groups is 1. The Labute approximate surface area is 224 Å². The number of benzene rings is 2. The van der Waals surface area contributed by atoms with Crippen molar-refractivity contribution >= 4 is 46.7 Å². The Bertz CT molecular complexity index is 1450. The van der Waals surface area contributed by atoms with Gasteiger partial charge in [0.1, 0.15) is 10.6 Å². The molecule has 194 valence electrons. The maximum Gasteiger partial charge on any atom is 0.340 e. The largest absolute Gasteiger partial charge is 0.462 e. The summed E-state index contributed by atoms with van der Waals surface area (Å²) >= 11 is 0.966. The Kier molecular flexibility index (Phi) is 8.02. The van der Waals surface area contributed by atoms with Gasteiger partial charge in [-0.1, -0.05) is 19.1 Å². The van der Waals surface area contributed by atoms with E-state index in [-0.39, 0.29) is 34.2 Å². The number of esters is 1. The van der Waals surface area contributed by atoms with Crippen molar-refractivity contribution in [2.75, 3.05) is 16.8 Å². The van der Waals surface area contributed by atoms with Crippen molar-refractivity contribution in [3.63, 3.8) is 0 Å². The van der Waals surface area contributed by atoms with Crippen molar-refractivity contribution in [3.8, 4) is 0 Å². The number of aromatic nitrogens is 2. The topological polar surface area (TPSA) is 119 Å². The van der Waals surface area contributed by atoms with Crippen LogP contribution in [0.4, 0.5) is 11.4 Å². The van der Waals surface area contributed by atoms with Crippen LogP contribution in [0.15, 0.2) is 70.4 Å². The Morgan fingerprint density at radius 1 is 0.974 bits per heavy atom. The summed E-state index contributed by atoms with van der Waals surface area (Å²) in [5.74, 6) is -1.99. The normalized spacial score (nSPS) is 13.2. The molecule has 2 amide bonds. The highest BCUT2D eigenvalue weighted by molar-refractivity contribution is 8.04. The molecule has 1 aromatic heterocycles. The number of anilines is 2. The average molecular weight is 531 g/mol. The van der Waals surface area contributed by atoms with Crippen molar-refractivity contribution in [1.29, 1.82) is 0 Å². The molecule has 10 heteroatoms. The number of ketones is 1. The lowest BCUT2D eigenvalue weighted by atomic mass is 10.1. The highest BCUT2D eigenvalue weighted by Crippen LogP contribution is 2.38. The molecule has 1 N–H and O–H groups in total. The molecule has 0 atom stereocenters. The van der Waals surface area contributed by atoms with Crippen LogP contribution in [0.2, 0.25) is 0 Å². The smallest absolute Gasteiger partial charge is 0.340 e. The molecule has 0 radical (unpaired) electrons. The molecule has 4 rings (SSSR count).